The average Bonchev–Trinajstić information content (AvgIpc) is 2.32. The van der Waals surface area contributed by atoms with Crippen LogP contribution in [0.15, 0.2) is 0 Å². The Kier molecular flexibility index (Phi) is 6.26. The fourth-order valence-electron chi connectivity index (χ4n) is 1.56. The summed E-state index contributed by atoms with van der Waals surface area (Å²) < 4.78 is 0. The maximum Gasteiger partial charge on any atom is 0.310 e. The second kappa shape index (κ2) is 6.89. The van der Waals surface area contributed by atoms with Crippen LogP contribution in [0.1, 0.15) is 40.0 Å². The highest BCUT2D eigenvalue weighted by molar-refractivity contribution is 5.84. The number of amides is 1. The number of carboxylic acids is 1. The highest BCUT2D eigenvalue weighted by atomic mass is 16.4. The van der Waals surface area contributed by atoms with Crippen molar-refractivity contribution in [3.8, 4) is 6.07 Å². The highest BCUT2D eigenvalue weighted by Gasteiger charge is 2.37. The normalized spacial score (nSPS) is 12.6. The molecule has 17 heavy (non-hydrogen) atoms. The smallest absolute Gasteiger partial charge is 0.310 e. The quantitative estimate of drug-likeness (QED) is 0.706. The molecule has 0 aromatic rings. The molecule has 5 nitrogen and oxygen atoms in total. The van der Waals surface area contributed by atoms with Crippen LogP contribution in [0.5, 0.6) is 0 Å². The summed E-state index contributed by atoms with van der Waals surface area (Å²) in [6.45, 7) is 5.49. The van der Waals surface area contributed by atoms with Crippen LogP contribution in [0.25, 0.3) is 0 Å². The van der Waals surface area contributed by atoms with Gasteiger partial charge in [0.25, 0.3) is 0 Å². The zero-order valence-corrected chi connectivity index (χ0v) is 10.6. The van der Waals surface area contributed by atoms with Gasteiger partial charge in [0.15, 0.2) is 0 Å². The molecule has 0 aliphatic carbocycles. The monoisotopic (exact) mass is 240 g/mol. The van der Waals surface area contributed by atoms with Crippen molar-refractivity contribution in [2.75, 3.05) is 6.54 Å². The number of aliphatic carboxylic acids is 1. The number of nitrogens with one attached hydrogen (secondary N) is 1. The Morgan fingerprint density at radius 3 is 2.29 bits per heavy atom. The second-order valence-corrected chi connectivity index (χ2v) is 4.30. The first kappa shape index (κ1) is 15.4. The third kappa shape index (κ3) is 4.43. The minimum Gasteiger partial charge on any atom is -0.481 e. The average molecular weight is 240 g/mol. The van der Waals surface area contributed by atoms with Crippen molar-refractivity contribution in [1.82, 2.24) is 5.32 Å². The van der Waals surface area contributed by atoms with Gasteiger partial charge in [0.2, 0.25) is 5.91 Å². The molecule has 0 rings (SSSR count). The third-order valence-electron chi connectivity index (χ3n) is 3.13. The van der Waals surface area contributed by atoms with Gasteiger partial charge >= 0.3 is 5.97 Å². The molecule has 96 valence electrons. The van der Waals surface area contributed by atoms with Crippen molar-refractivity contribution in [3.63, 3.8) is 0 Å². The molecule has 5 heteroatoms. The van der Waals surface area contributed by atoms with E-state index in [4.69, 9.17) is 10.4 Å². The maximum atomic E-state index is 11.6. The summed E-state index contributed by atoms with van der Waals surface area (Å²) in [5.41, 5.74) is -0.986. The molecule has 1 amide bonds. The molecule has 0 saturated heterocycles. The first-order valence-corrected chi connectivity index (χ1v) is 5.81. The molecule has 0 aliphatic rings. The molecule has 0 fully saturated rings. The van der Waals surface area contributed by atoms with Gasteiger partial charge in [-0.1, -0.05) is 13.8 Å². The van der Waals surface area contributed by atoms with Gasteiger partial charge in [0.1, 0.15) is 0 Å². The second-order valence-electron chi connectivity index (χ2n) is 4.30. The molecular weight excluding hydrogens is 220 g/mol. The number of rotatable bonds is 7. The van der Waals surface area contributed by atoms with Gasteiger partial charge in [-0.3, -0.25) is 9.59 Å². The lowest BCUT2D eigenvalue weighted by Crippen LogP contribution is -2.38. The fraction of sp³-hybridized carbons (Fsp3) is 0.750. The van der Waals surface area contributed by atoms with Crippen molar-refractivity contribution in [3.05, 3.63) is 0 Å². The Balaban J connectivity index is 4.43. The van der Waals surface area contributed by atoms with E-state index < -0.39 is 11.4 Å². The van der Waals surface area contributed by atoms with Gasteiger partial charge in [0, 0.05) is 13.0 Å². The van der Waals surface area contributed by atoms with Gasteiger partial charge in [-0.25, -0.2) is 0 Å². The molecular formula is C12H20N2O3. The molecule has 0 saturated carbocycles. The molecule has 0 aromatic carbocycles. The summed E-state index contributed by atoms with van der Waals surface area (Å²) in [6.07, 6.45) is 0.799. The zero-order valence-electron chi connectivity index (χ0n) is 10.6. The van der Waals surface area contributed by atoms with E-state index in [1.807, 2.05) is 6.07 Å². The van der Waals surface area contributed by atoms with Crippen LogP contribution in [0.2, 0.25) is 0 Å². The molecule has 2 N–H and O–H groups in total. The Morgan fingerprint density at radius 1 is 1.41 bits per heavy atom. The number of carbonyl (C=O) groups excluding carboxylic acids is 1. The van der Waals surface area contributed by atoms with Gasteiger partial charge in [-0.15, -0.1) is 0 Å². The van der Waals surface area contributed by atoms with Crippen LogP contribution in [0, 0.1) is 22.7 Å². The van der Waals surface area contributed by atoms with E-state index in [1.165, 1.54) is 0 Å². The topological polar surface area (TPSA) is 90.2 Å². The third-order valence-corrected chi connectivity index (χ3v) is 3.13. The first-order valence-electron chi connectivity index (χ1n) is 5.81. The number of hydrogen-bond acceptors (Lipinski definition) is 3. The van der Waals surface area contributed by atoms with E-state index in [0.29, 0.717) is 12.8 Å². The summed E-state index contributed by atoms with van der Waals surface area (Å²) in [6, 6.07) is 2.00. The first-order chi connectivity index (χ1) is 7.91. The molecule has 0 radical (unpaired) electrons. The van der Waals surface area contributed by atoms with Crippen molar-refractivity contribution in [1.29, 1.82) is 5.26 Å². The van der Waals surface area contributed by atoms with Crippen LogP contribution in [0.3, 0.4) is 0 Å². The van der Waals surface area contributed by atoms with Crippen LogP contribution in [0.4, 0.5) is 0 Å². The lowest BCUT2D eigenvalue weighted by atomic mass is 9.79. The lowest BCUT2D eigenvalue weighted by Gasteiger charge is -2.25. The molecule has 0 bridgehead atoms. The molecule has 1 atom stereocenters. The van der Waals surface area contributed by atoms with Gasteiger partial charge < -0.3 is 10.4 Å². The SMILES string of the molecule is CCC(CC)(CC(=O)NCC(C)C#N)C(=O)O. The number of carboxylic acid groups (broad SMARTS) is 1. The zero-order chi connectivity index (χ0) is 13.5. The molecule has 0 spiro atoms. The predicted octanol–water partition coefficient (Wildman–Crippen LogP) is 1.54. The fourth-order valence-corrected chi connectivity index (χ4v) is 1.56. The summed E-state index contributed by atoms with van der Waals surface area (Å²) >= 11 is 0. The Bertz CT molecular complexity index is 316. The van der Waals surface area contributed by atoms with E-state index in [1.54, 1.807) is 20.8 Å². The summed E-state index contributed by atoms with van der Waals surface area (Å²) in [5.74, 6) is -1.51. The highest BCUT2D eigenvalue weighted by Crippen LogP contribution is 2.30. The van der Waals surface area contributed by atoms with Gasteiger partial charge in [0.05, 0.1) is 17.4 Å². The van der Waals surface area contributed by atoms with E-state index in [2.05, 4.69) is 5.32 Å². The standard InChI is InChI=1S/C12H20N2O3/c1-4-12(5-2,11(16)17)6-10(15)14-8-9(3)7-13/h9H,4-6,8H2,1-3H3,(H,14,15)(H,16,17). The Morgan fingerprint density at radius 2 is 1.94 bits per heavy atom. The largest absolute Gasteiger partial charge is 0.481 e. The van der Waals surface area contributed by atoms with Crippen molar-refractivity contribution in [2.45, 2.75) is 40.0 Å². The molecule has 0 aromatic heterocycles. The summed E-state index contributed by atoms with van der Waals surface area (Å²) in [4.78, 5) is 22.8. The summed E-state index contributed by atoms with van der Waals surface area (Å²) in [7, 11) is 0. The van der Waals surface area contributed by atoms with Crippen molar-refractivity contribution >= 4 is 11.9 Å². The van der Waals surface area contributed by atoms with Crippen molar-refractivity contribution < 1.29 is 14.7 Å². The van der Waals surface area contributed by atoms with E-state index in [0.717, 1.165) is 0 Å². The number of nitriles is 1. The number of nitrogens with zero attached hydrogens (tertiary/aromatic N) is 1. The van der Waals surface area contributed by atoms with Gasteiger partial charge in [-0.2, -0.15) is 5.26 Å². The Labute approximate surface area is 102 Å². The molecule has 0 heterocycles. The van der Waals surface area contributed by atoms with Gasteiger partial charge in [-0.05, 0) is 19.8 Å². The Hall–Kier alpha value is -1.57. The van der Waals surface area contributed by atoms with Crippen LogP contribution in [-0.2, 0) is 9.59 Å². The maximum absolute atomic E-state index is 11.6. The van der Waals surface area contributed by atoms with Crippen molar-refractivity contribution in [2.24, 2.45) is 11.3 Å². The predicted molar refractivity (Wildman–Crippen MR) is 63.1 cm³/mol. The molecule has 0 aliphatic heterocycles. The van der Waals surface area contributed by atoms with Crippen LogP contribution >= 0.6 is 0 Å². The minimum atomic E-state index is -0.986. The number of hydrogen-bond donors (Lipinski definition) is 2. The molecule has 1 unspecified atom stereocenters. The van der Waals surface area contributed by atoms with Crippen LogP contribution < -0.4 is 5.32 Å². The minimum absolute atomic E-state index is 0.0342. The van der Waals surface area contributed by atoms with E-state index in [9.17, 15) is 9.59 Å². The number of carbonyl (C=O) groups is 2. The van der Waals surface area contributed by atoms with E-state index in [-0.39, 0.29) is 24.8 Å². The summed E-state index contributed by atoms with van der Waals surface area (Å²) in [5, 5.41) is 20.3. The van der Waals surface area contributed by atoms with E-state index >= 15 is 0 Å². The lowest BCUT2D eigenvalue weighted by molar-refractivity contribution is -0.152. The van der Waals surface area contributed by atoms with Crippen LogP contribution in [-0.4, -0.2) is 23.5 Å².